The summed E-state index contributed by atoms with van der Waals surface area (Å²) in [4.78, 5) is 0. The average Bonchev–Trinajstić information content (AvgIpc) is 2.48. The third-order valence-corrected chi connectivity index (χ3v) is 3.71. The highest BCUT2D eigenvalue weighted by atomic mass is 35.5. The average molecular weight is 292 g/mol. The van der Waals surface area contributed by atoms with Gasteiger partial charge in [-0.15, -0.1) is 0 Å². The maximum Gasteiger partial charge on any atom is 0.146 e. The minimum absolute atomic E-state index is 0.163. The number of aryl methyl sites for hydroxylation is 1. The molecular weight excluding hydrogens is 273 g/mol. The summed E-state index contributed by atoms with van der Waals surface area (Å²) in [6, 6.07) is 13.2. The lowest BCUT2D eigenvalue weighted by molar-refractivity contribution is 0.559. The number of nitrogens with one attached hydrogen (secondary N) is 1. The summed E-state index contributed by atoms with van der Waals surface area (Å²) in [5, 5.41) is 3.48. The van der Waals surface area contributed by atoms with Crippen molar-refractivity contribution < 1.29 is 4.39 Å². The third-order valence-electron chi connectivity index (χ3n) is 3.42. The first-order valence-corrected chi connectivity index (χ1v) is 7.31. The first-order valence-electron chi connectivity index (χ1n) is 6.93. The Morgan fingerprint density at radius 3 is 2.40 bits per heavy atom. The number of rotatable bonds is 5. The molecule has 0 radical (unpaired) electrons. The zero-order valence-electron chi connectivity index (χ0n) is 11.8. The summed E-state index contributed by atoms with van der Waals surface area (Å²) in [7, 11) is 0. The number of halogens is 2. The van der Waals surface area contributed by atoms with Crippen LogP contribution in [0.4, 0.5) is 4.39 Å². The van der Waals surface area contributed by atoms with Crippen LogP contribution in [0, 0.1) is 5.82 Å². The Morgan fingerprint density at radius 2 is 1.80 bits per heavy atom. The lowest BCUT2D eigenvalue weighted by Gasteiger charge is -2.20. The predicted octanol–water partition coefficient (Wildman–Crippen LogP) is 4.74. The molecule has 106 valence electrons. The van der Waals surface area contributed by atoms with Crippen molar-refractivity contribution in [1.82, 2.24) is 5.32 Å². The largest absolute Gasteiger partial charge is 0.306 e. The van der Waals surface area contributed by atoms with Crippen molar-refractivity contribution in [2.24, 2.45) is 0 Å². The highest BCUT2D eigenvalue weighted by molar-refractivity contribution is 6.30. The lowest BCUT2D eigenvalue weighted by atomic mass is 9.97. The molecule has 0 spiro atoms. The van der Waals surface area contributed by atoms with Crippen LogP contribution in [0.25, 0.3) is 0 Å². The summed E-state index contributed by atoms with van der Waals surface area (Å²) in [6.07, 6.45) is 0.998. The van der Waals surface area contributed by atoms with Gasteiger partial charge in [-0.05, 0) is 30.2 Å². The van der Waals surface area contributed by atoms with Gasteiger partial charge < -0.3 is 5.32 Å². The molecular formula is C17H19ClFN. The Balaban J connectivity index is 2.41. The minimum Gasteiger partial charge on any atom is -0.306 e. The summed E-state index contributed by atoms with van der Waals surface area (Å²) in [5.41, 5.74) is 2.91. The fraction of sp³-hybridized carbons (Fsp3) is 0.294. The van der Waals surface area contributed by atoms with Gasteiger partial charge in [0, 0.05) is 5.56 Å². The van der Waals surface area contributed by atoms with E-state index in [1.165, 1.54) is 5.56 Å². The maximum absolute atomic E-state index is 14.2. The molecule has 2 aromatic rings. The lowest BCUT2D eigenvalue weighted by Crippen LogP contribution is -2.23. The SMILES string of the molecule is CCNC(c1ccc(CC)cc1)c1cccc(Cl)c1F. The van der Waals surface area contributed by atoms with E-state index in [4.69, 9.17) is 11.6 Å². The van der Waals surface area contributed by atoms with Crippen LogP contribution in [0.15, 0.2) is 42.5 Å². The quantitative estimate of drug-likeness (QED) is 0.839. The summed E-state index contributed by atoms with van der Waals surface area (Å²) in [5.74, 6) is -0.348. The van der Waals surface area contributed by atoms with Crippen molar-refractivity contribution in [2.75, 3.05) is 6.54 Å². The van der Waals surface area contributed by atoms with Crippen molar-refractivity contribution in [3.63, 3.8) is 0 Å². The van der Waals surface area contributed by atoms with Gasteiger partial charge in [0.05, 0.1) is 11.1 Å². The van der Waals surface area contributed by atoms with E-state index in [2.05, 4.69) is 24.4 Å². The van der Waals surface area contributed by atoms with Crippen LogP contribution in [0.5, 0.6) is 0 Å². The van der Waals surface area contributed by atoms with Gasteiger partial charge in [0.1, 0.15) is 5.82 Å². The molecule has 0 saturated carbocycles. The van der Waals surface area contributed by atoms with Gasteiger partial charge in [-0.2, -0.15) is 0 Å². The van der Waals surface area contributed by atoms with Crippen molar-refractivity contribution in [3.05, 3.63) is 70.0 Å². The Kier molecular flexibility index (Phi) is 5.16. The van der Waals surface area contributed by atoms with Gasteiger partial charge in [0.25, 0.3) is 0 Å². The van der Waals surface area contributed by atoms with Crippen molar-refractivity contribution in [3.8, 4) is 0 Å². The Bertz CT molecular complexity index is 566. The zero-order chi connectivity index (χ0) is 14.5. The fourth-order valence-electron chi connectivity index (χ4n) is 2.30. The molecule has 2 rings (SSSR count). The fourth-order valence-corrected chi connectivity index (χ4v) is 2.48. The second kappa shape index (κ2) is 6.87. The Morgan fingerprint density at radius 1 is 1.10 bits per heavy atom. The molecule has 3 heteroatoms. The van der Waals surface area contributed by atoms with E-state index < -0.39 is 0 Å². The van der Waals surface area contributed by atoms with Gasteiger partial charge in [-0.3, -0.25) is 0 Å². The van der Waals surface area contributed by atoms with Crippen LogP contribution in [-0.4, -0.2) is 6.54 Å². The molecule has 0 fully saturated rings. The van der Waals surface area contributed by atoms with Gasteiger partial charge >= 0.3 is 0 Å². The highest BCUT2D eigenvalue weighted by Crippen LogP contribution is 2.28. The monoisotopic (exact) mass is 291 g/mol. The van der Waals surface area contributed by atoms with Gasteiger partial charge in [-0.1, -0.05) is 61.8 Å². The van der Waals surface area contributed by atoms with Gasteiger partial charge in [0.2, 0.25) is 0 Å². The second-order valence-corrected chi connectivity index (χ2v) is 5.14. The normalized spacial score (nSPS) is 12.4. The maximum atomic E-state index is 14.2. The van der Waals surface area contributed by atoms with E-state index in [9.17, 15) is 4.39 Å². The molecule has 1 nitrogen and oxygen atoms in total. The van der Waals surface area contributed by atoms with Crippen LogP contribution >= 0.6 is 11.6 Å². The molecule has 0 aliphatic carbocycles. The van der Waals surface area contributed by atoms with E-state index in [1.807, 2.05) is 19.1 Å². The van der Waals surface area contributed by atoms with Crippen LogP contribution in [0.1, 0.15) is 36.6 Å². The summed E-state index contributed by atoms with van der Waals surface area (Å²) >= 11 is 5.89. The molecule has 0 saturated heterocycles. The number of hydrogen-bond acceptors (Lipinski definition) is 1. The molecule has 0 aliphatic heterocycles. The van der Waals surface area contributed by atoms with Crippen molar-refractivity contribution >= 4 is 11.6 Å². The third kappa shape index (κ3) is 3.20. The highest BCUT2D eigenvalue weighted by Gasteiger charge is 2.18. The molecule has 0 aromatic heterocycles. The predicted molar refractivity (Wildman–Crippen MR) is 82.7 cm³/mol. The van der Waals surface area contributed by atoms with Crippen molar-refractivity contribution in [2.45, 2.75) is 26.3 Å². The molecule has 0 amide bonds. The molecule has 1 unspecified atom stereocenters. The van der Waals surface area contributed by atoms with Gasteiger partial charge in [0.15, 0.2) is 0 Å². The van der Waals surface area contributed by atoms with E-state index in [0.717, 1.165) is 18.5 Å². The Labute approximate surface area is 124 Å². The van der Waals surface area contributed by atoms with Crippen LogP contribution < -0.4 is 5.32 Å². The van der Waals surface area contributed by atoms with E-state index >= 15 is 0 Å². The molecule has 0 aliphatic rings. The molecule has 20 heavy (non-hydrogen) atoms. The van der Waals surface area contributed by atoms with E-state index in [0.29, 0.717) is 5.56 Å². The van der Waals surface area contributed by atoms with E-state index in [1.54, 1.807) is 18.2 Å². The first kappa shape index (κ1) is 15.0. The topological polar surface area (TPSA) is 12.0 Å². The molecule has 0 heterocycles. The summed E-state index contributed by atoms with van der Waals surface area (Å²) < 4.78 is 14.2. The molecule has 2 aromatic carbocycles. The minimum atomic E-state index is -0.348. The van der Waals surface area contributed by atoms with E-state index in [-0.39, 0.29) is 16.9 Å². The molecule has 1 atom stereocenters. The number of benzene rings is 2. The number of hydrogen-bond donors (Lipinski definition) is 1. The first-order chi connectivity index (χ1) is 9.67. The van der Waals surface area contributed by atoms with Gasteiger partial charge in [-0.25, -0.2) is 4.39 Å². The molecule has 0 bridgehead atoms. The Hall–Kier alpha value is -1.38. The molecule has 1 N–H and O–H groups in total. The smallest absolute Gasteiger partial charge is 0.146 e. The zero-order valence-corrected chi connectivity index (χ0v) is 12.5. The standard InChI is InChI=1S/C17H19ClFN/c1-3-12-8-10-13(11-9-12)17(20-4-2)14-6-5-7-15(18)16(14)19/h5-11,17,20H,3-4H2,1-2H3. The van der Waals surface area contributed by atoms with Crippen LogP contribution in [0.3, 0.4) is 0 Å². The van der Waals surface area contributed by atoms with Crippen LogP contribution in [0.2, 0.25) is 5.02 Å². The summed E-state index contributed by atoms with van der Waals surface area (Å²) in [6.45, 7) is 4.88. The van der Waals surface area contributed by atoms with Crippen LogP contribution in [-0.2, 0) is 6.42 Å². The van der Waals surface area contributed by atoms with Crippen molar-refractivity contribution in [1.29, 1.82) is 0 Å². The second-order valence-electron chi connectivity index (χ2n) is 4.73.